The number of hydrogen-bond acceptors (Lipinski definition) is 24. The predicted octanol–water partition coefficient (Wildman–Crippen LogP) is 11.2. The second kappa shape index (κ2) is 43.0. The van der Waals surface area contributed by atoms with Crippen molar-refractivity contribution >= 4 is 35.8 Å². The minimum atomic E-state index is -1.95. The Bertz CT molecular complexity index is 6520. The minimum absolute atomic E-state index is 0.0233. The van der Waals surface area contributed by atoms with Crippen molar-refractivity contribution in [3.63, 3.8) is 0 Å². The number of aromatic nitrogens is 8. The molecule has 704 valence electrons. The van der Waals surface area contributed by atoms with Crippen LogP contribution in [0.2, 0.25) is 0 Å². The molecule has 1 saturated heterocycles. The van der Waals surface area contributed by atoms with Gasteiger partial charge in [0.25, 0.3) is 23.6 Å². The van der Waals surface area contributed by atoms with E-state index in [1.165, 1.54) is 14.0 Å². The molecule has 137 heavy (non-hydrogen) atoms. The van der Waals surface area contributed by atoms with Gasteiger partial charge in [-0.2, -0.15) is 20.4 Å². The minimum Gasteiger partial charge on any atom is -0.502 e. The highest BCUT2D eigenvalue weighted by molar-refractivity contribution is 5.98. The number of amides is 4. The molecule has 33 nitrogen and oxygen atoms in total. The van der Waals surface area contributed by atoms with Crippen LogP contribution in [0.1, 0.15) is 181 Å². The molecule has 33 heteroatoms. The summed E-state index contributed by atoms with van der Waals surface area (Å²) in [6.45, 7) is 12.0. The van der Waals surface area contributed by atoms with Gasteiger partial charge < -0.3 is 74.3 Å². The van der Waals surface area contributed by atoms with Crippen LogP contribution >= 0.6 is 0 Å². The van der Waals surface area contributed by atoms with Gasteiger partial charge in [0.15, 0.2) is 40.4 Å². The van der Waals surface area contributed by atoms with Crippen molar-refractivity contribution in [1.82, 2.24) is 59.1 Å². The summed E-state index contributed by atoms with van der Waals surface area (Å²) in [7, 11) is 0. The third-order valence-corrected chi connectivity index (χ3v) is 24.5. The van der Waals surface area contributed by atoms with E-state index in [2.05, 4.69) is 50.0 Å². The zero-order valence-corrected chi connectivity index (χ0v) is 75.5. The van der Waals surface area contributed by atoms with Gasteiger partial charge in [-0.15, -0.1) is 0 Å². The molecule has 18 rings (SSSR count). The predicted molar refractivity (Wildman–Crippen MR) is 501 cm³/mol. The molecular weight excluding hydrogens is 1750 g/mol. The summed E-state index contributed by atoms with van der Waals surface area (Å²) in [5.41, 5.74) is 6.15. The van der Waals surface area contributed by atoms with Gasteiger partial charge in [-0.1, -0.05) is 273 Å². The summed E-state index contributed by atoms with van der Waals surface area (Å²) >= 11 is 0. The number of fused-ring (bicyclic) bond motifs is 4. The van der Waals surface area contributed by atoms with Crippen LogP contribution in [-0.2, 0) is 25.5 Å². The van der Waals surface area contributed by atoms with Crippen LogP contribution in [0.25, 0.3) is 0 Å². The highest BCUT2D eigenvalue weighted by Crippen LogP contribution is 2.45. The molecule has 4 amide bonds. The first-order valence-corrected chi connectivity index (χ1v) is 44.7. The summed E-state index contributed by atoms with van der Waals surface area (Å²) in [6, 6.07) is 87.0. The molecule has 0 bridgehead atoms. The number of carboxylic acid groups (broad SMARTS) is 1. The summed E-state index contributed by atoms with van der Waals surface area (Å²) in [5, 5.41) is 81.0. The molecule has 4 aromatic heterocycles. The molecule has 5 aliphatic heterocycles. The highest BCUT2D eigenvalue weighted by Gasteiger charge is 2.51. The average Bonchev–Trinajstić information content (AvgIpc) is 0.738. The van der Waals surface area contributed by atoms with Crippen LogP contribution in [0.3, 0.4) is 0 Å². The van der Waals surface area contributed by atoms with Crippen LogP contribution in [0, 0.1) is 0 Å². The lowest BCUT2D eigenvalue weighted by molar-refractivity contribution is -0.271. The van der Waals surface area contributed by atoms with E-state index in [9.17, 15) is 78.6 Å². The number of nitrogens with zero attached hydrogens (tertiary/aromatic N) is 11. The van der Waals surface area contributed by atoms with E-state index in [4.69, 9.17) is 23.7 Å². The second-order valence-corrected chi connectivity index (χ2v) is 34.2. The van der Waals surface area contributed by atoms with Gasteiger partial charge in [0.05, 0.1) is 55.1 Å². The Hall–Kier alpha value is -15.8. The number of carbonyl (C=O) groups excluding carboxylic acids is 5. The molecule has 1 fully saturated rings. The van der Waals surface area contributed by atoms with E-state index in [0.717, 1.165) is 74.9 Å². The molecule has 7 N–H and O–H groups in total. The first kappa shape index (κ1) is 95.8. The molecule has 9 atom stereocenters. The first-order chi connectivity index (χ1) is 66.2. The Morgan fingerprint density at radius 1 is 0.401 bits per heavy atom. The Morgan fingerprint density at radius 2 is 0.730 bits per heavy atom. The Kier molecular flexibility index (Phi) is 30.1. The SMILES string of the molecule is CC(C)N1CC(C(c2ccccc2)c2ccccc2)n2ncc(=O)c(OC3OC(C(=O)O)C(O)C(O)C3O)c2C1=O.CC(C)OC(=O)OCOc1c2n(ncc1=O)C(C(c1ccccc1)c1ccccc1)CN(C(C)C)C2=O.O=C1NCC(C(c2ccccc2)c2ccccc2)n2ncc(=O)c(O)c21.O=C1c2c(O)c(=O)cnn2C(C(c2ccccc2)c2ccccc2)CN1Cc1ccccc1. The van der Waals surface area contributed by atoms with Gasteiger partial charge in [0, 0.05) is 68.5 Å². The second-order valence-electron chi connectivity index (χ2n) is 34.2. The molecule has 0 aliphatic carbocycles. The Balaban J connectivity index is 0.000000140. The monoisotopic (exact) mass is 1850 g/mol. The largest absolute Gasteiger partial charge is 0.511 e. The normalized spacial score (nSPS) is 18.7. The molecule has 0 spiro atoms. The number of nitrogens with one attached hydrogen (secondary N) is 1. The number of carboxylic acids is 1. The highest BCUT2D eigenvalue weighted by atomic mass is 16.8. The van der Waals surface area contributed by atoms with Crippen molar-refractivity contribution in [3.05, 3.63) is 412 Å². The Labute approximate surface area is 786 Å². The number of hydrogen-bond donors (Lipinski definition) is 7. The van der Waals surface area contributed by atoms with Gasteiger partial charge >= 0.3 is 12.1 Å². The van der Waals surface area contributed by atoms with Crippen molar-refractivity contribution in [2.45, 2.75) is 145 Å². The summed E-state index contributed by atoms with van der Waals surface area (Å²) in [4.78, 5) is 131. The van der Waals surface area contributed by atoms with Gasteiger partial charge in [-0.05, 0) is 91.6 Å². The van der Waals surface area contributed by atoms with Crippen LogP contribution in [-0.4, -0.2) is 202 Å². The fraction of sp³-hybridized carbons (Fsp3) is 0.269. The van der Waals surface area contributed by atoms with Crippen LogP contribution in [0.5, 0.6) is 23.0 Å². The molecule has 0 saturated carbocycles. The van der Waals surface area contributed by atoms with Crippen molar-refractivity contribution in [3.8, 4) is 23.0 Å². The summed E-state index contributed by atoms with van der Waals surface area (Å²) in [5.74, 6) is -6.04. The number of ether oxygens (including phenoxy) is 5. The number of aliphatic hydroxyl groups excluding tert-OH is 3. The summed E-state index contributed by atoms with van der Waals surface area (Å²) in [6.07, 6.45) is -6.72. The van der Waals surface area contributed by atoms with Crippen molar-refractivity contribution in [2.75, 3.05) is 33.0 Å². The maximum atomic E-state index is 13.8. The maximum absolute atomic E-state index is 13.8. The summed E-state index contributed by atoms with van der Waals surface area (Å²) < 4.78 is 32.4. The number of aliphatic hydroxyl groups is 3. The van der Waals surface area contributed by atoms with E-state index < -0.39 is 112 Å². The smallest absolute Gasteiger partial charge is 0.502 e. The molecular formula is C104H102N12O21. The lowest BCUT2D eigenvalue weighted by atomic mass is 9.83. The number of carbonyl (C=O) groups is 6. The number of rotatable bonds is 23. The van der Waals surface area contributed by atoms with E-state index >= 15 is 0 Å². The number of aliphatic carboxylic acids is 1. The van der Waals surface area contributed by atoms with Crippen LogP contribution in [0.15, 0.2) is 317 Å². The van der Waals surface area contributed by atoms with Crippen LogP contribution in [0.4, 0.5) is 4.79 Å². The number of benzene rings is 9. The third kappa shape index (κ3) is 20.9. The molecule has 5 aliphatic rings. The molecule has 9 heterocycles. The zero-order valence-electron chi connectivity index (χ0n) is 75.5. The quantitative estimate of drug-likeness (QED) is 0.0231. The van der Waals surface area contributed by atoms with E-state index in [0.29, 0.717) is 26.2 Å². The maximum Gasteiger partial charge on any atom is 0.511 e. The fourth-order valence-electron chi connectivity index (χ4n) is 18.1. The standard InChI is InChI=1S/C29H31N3O9.C28H31N3O6.C27H23N3O3.C20H17N3O3/c1-15(2)31-14-18(20(16-9-5-3-6-10-16)17-11-7-4-8-12-17)32-21(27(31)37)25(19(33)13-30-32)40-29-24(36)22(34)23(35)26(41-29)28(38)39;1-18(2)30-16-22(24(20-11-7-5-8-12-20)21-13-9-6-10-14-21)31-25(27(30)33)26(23(32)15-29-31)35-17-36-28(34)37-19(3)4;31-23-16-28-30-22(24(20-12-6-2-7-13-20)21-14-8-3-9-15-21)18-29(27(33)25(30)26(23)32)17-19-10-4-1-5-11-19;24-16-12-22-23-15(11-21-20(26)18(23)19(16)25)17(13-7-3-1-4-8-13)14-9-5-2-6-10-14/h3-13,15,18,20,22-24,26,29,34-36H,14H2,1-2H3,(H,38,39);5-15,18-19,22,24H,16-17H2,1-4H3;1-16,22,24,32H,17-18H2;1-10,12,15,17,25H,11H2,(H,21,26). The molecule has 9 aromatic carbocycles. The fourth-order valence-corrected chi connectivity index (χ4v) is 18.1. The molecule has 9 unspecified atom stereocenters. The average molecular weight is 1860 g/mol. The van der Waals surface area contributed by atoms with Crippen molar-refractivity contribution in [1.29, 1.82) is 0 Å². The number of aromatic hydroxyl groups is 2. The molecule has 0 radical (unpaired) electrons. The first-order valence-electron chi connectivity index (χ1n) is 44.7. The van der Waals surface area contributed by atoms with Crippen molar-refractivity contribution < 1.29 is 83.1 Å². The molecule has 13 aromatic rings. The van der Waals surface area contributed by atoms with Gasteiger partial charge in [0.1, 0.15) is 18.3 Å². The third-order valence-electron chi connectivity index (χ3n) is 24.5. The van der Waals surface area contributed by atoms with E-state index in [1.54, 1.807) is 33.2 Å². The van der Waals surface area contributed by atoms with Gasteiger partial charge in [-0.25, -0.2) is 9.59 Å². The zero-order chi connectivity index (χ0) is 96.8. The van der Waals surface area contributed by atoms with Crippen LogP contribution < -0.4 is 36.5 Å². The lowest BCUT2D eigenvalue weighted by Crippen LogP contribution is -2.61. The Morgan fingerprint density at radius 3 is 1.10 bits per heavy atom. The topological polar surface area (TPSA) is 431 Å². The van der Waals surface area contributed by atoms with Gasteiger partial charge in [0.2, 0.25) is 46.3 Å². The lowest BCUT2D eigenvalue weighted by Gasteiger charge is -2.42. The van der Waals surface area contributed by atoms with E-state index in [1.807, 2.05) is 276 Å². The van der Waals surface area contributed by atoms with E-state index in [-0.39, 0.29) is 101 Å². The van der Waals surface area contributed by atoms with Crippen molar-refractivity contribution in [2.24, 2.45) is 0 Å². The van der Waals surface area contributed by atoms with Gasteiger partial charge in [-0.3, -0.25) is 57.1 Å².